The van der Waals surface area contributed by atoms with Gasteiger partial charge in [0, 0.05) is 11.6 Å². The largest absolute Gasteiger partial charge is 0.352 e. The summed E-state index contributed by atoms with van der Waals surface area (Å²) >= 11 is 7.36. The molecule has 0 aliphatic carbocycles. The highest BCUT2D eigenvalue weighted by Gasteiger charge is 2.12. The molecule has 0 bridgehead atoms. The lowest BCUT2D eigenvalue weighted by Crippen LogP contribution is -2.25. The van der Waals surface area contributed by atoms with Gasteiger partial charge in [-0.3, -0.25) is 4.79 Å². The van der Waals surface area contributed by atoms with E-state index in [1.807, 2.05) is 19.1 Å². The van der Waals surface area contributed by atoms with Crippen molar-refractivity contribution >= 4 is 29.3 Å². The van der Waals surface area contributed by atoms with Gasteiger partial charge in [0.15, 0.2) is 0 Å². The van der Waals surface area contributed by atoms with Gasteiger partial charge in [0.25, 0.3) is 0 Å². The first-order valence-electron chi connectivity index (χ1n) is 6.17. The Morgan fingerprint density at radius 3 is 3.10 bits per heavy atom. The lowest BCUT2D eigenvalue weighted by atomic mass is 10.2. The summed E-state index contributed by atoms with van der Waals surface area (Å²) in [5.41, 5.74) is 1.73. The summed E-state index contributed by atoms with van der Waals surface area (Å²) in [4.78, 5) is 11.6. The molecule has 0 aliphatic rings. The quantitative estimate of drug-likeness (QED) is 0.650. The second-order valence-electron chi connectivity index (χ2n) is 4.19. The molecule has 0 unspecified atom stereocenters. The van der Waals surface area contributed by atoms with Gasteiger partial charge in [0.1, 0.15) is 0 Å². The second kappa shape index (κ2) is 7.24. The van der Waals surface area contributed by atoms with Crippen molar-refractivity contribution in [2.75, 3.05) is 12.3 Å². The number of tetrazole rings is 1. The summed E-state index contributed by atoms with van der Waals surface area (Å²) in [6.07, 6.45) is 1.63. The van der Waals surface area contributed by atoms with E-state index >= 15 is 0 Å². The van der Waals surface area contributed by atoms with E-state index in [0.717, 1.165) is 11.3 Å². The molecular formula is C13H14ClN5OS. The number of benzene rings is 1. The summed E-state index contributed by atoms with van der Waals surface area (Å²) in [5.74, 6) is 0.129. The van der Waals surface area contributed by atoms with Crippen molar-refractivity contribution in [3.63, 3.8) is 0 Å². The molecule has 0 saturated heterocycles. The maximum atomic E-state index is 11.6. The van der Waals surface area contributed by atoms with Crippen molar-refractivity contribution in [1.29, 1.82) is 0 Å². The molecule has 2 aromatic rings. The van der Waals surface area contributed by atoms with Crippen LogP contribution in [-0.4, -0.2) is 38.4 Å². The van der Waals surface area contributed by atoms with Crippen LogP contribution in [0.2, 0.25) is 5.02 Å². The Morgan fingerprint density at radius 2 is 2.38 bits per heavy atom. The number of hydrogen-bond acceptors (Lipinski definition) is 5. The summed E-state index contributed by atoms with van der Waals surface area (Å²) in [5, 5.41) is 15.4. The number of thioether (sulfide) groups is 1. The predicted octanol–water partition coefficient (Wildman–Crippen LogP) is 2.02. The van der Waals surface area contributed by atoms with Crippen LogP contribution in [-0.2, 0) is 4.79 Å². The molecule has 21 heavy (non-hydrogen) atoms. The number of halogens is 1. The van der Waals surface area contributed by atoms with Crippen LogP contribution in [0.3, 0.4) is 0 Å². The molecule has 1 heterocycles. The minimum absolute atomic E-state index is 0.101. The molecule has 0 aliphatic heterocycles. The van der Waals surface area contributed by atoms with E-state index in [-0.39, 0.29) is 11.7 Å². The van der Waals surface area contributed by atoms with Crippen molar-refractivity contribution in [2.24, 2.45) is 0 Å². The minimum atomic E-state index is -0.101. The van der Waals surface area contributed by atoms with Crippen molar-refractivity contribution in [3.8, 4) is 5.69 Å². The summed E-state index contributed by atoms with van der Waals surface area (Å²) in [6, 6.07) is 5.55. The number of carbonyl (C=O) groups excluding carboxylic acids is 1. The zero-order valence-corrected chi connectivity index (χ0v) is 13.0. The molecule has 110 valence electrons. The Morgan fingerprint density at radius 1 is 1.57 bits per heavy atom. The lowest BCUT2D eigenvalue weighted by molar-refractivity contribution is -0.118. The molecule has 1 aromatic heterocycles. The fourth-order valence-electron chi connectivity index (χ4n) is 1.51. The number of aromatic nitrogens is 4. The molecule has 0 saturated carbocycles. The van der Waals surface area contributed by atoms with Gasteiger partial charge in [-0.1, -0.05) is 35.5 Å². The Hall–Kier alpha value is -1.86. The monoisotopic (exact) mass is 323 g/mol. The standard InChI is InChI=1S/C13H14ClN5OS/c1-3-6-15-12(20)8-21-13-16-17-18-19(13)10-5-4-9(2)11(14)7-10/h3-5,7H,1,6,8H2,2H3,(H,15,20). The Bertz CT molecular complexity index is 658. The third-order valence-electron chi connectivity index (χ3n) is 2.62. The fraction of sp³-hybridized carbons (Fsp3) is 0.231. The van der Waals surface area contributed by atoms with Gasteiger partial charge in [-0.2, -0.15) is 4.68 Å². The zero-order valence-electron chi connectivity index (χ0n) is 11.4. The van der Waals surface area contributed by atoms with E-state index in [4.69, 9.17) is 11.6 Å². The summed E-state index contributed by atoms with van der Waals surface area (Å²) in [7, 11) is 0. The number of aryl methyl sites for hydroxylation is 1. The molecule has 1 N–H and O–H groups in total. The number of nitrogens with zero attached hydrogens (tertiary/aromatic N) is 4. The number of hydrogen-bond donors (Lipinski definition) is 1. The maximum absolute atomic E-state index is 11.6. The van der Waals surface area contributed by atoms with Crippen LogP contribution in [0.1, 0.15) is 5.56 Å². The highest BCUT2D eigenvalue weighted by atomic mass is 35.5. The average Bonchev–Trinajstić information content (AvgIpc) is 2.94. The summed E-state index contributed by atoms with van der Waals surface area (Å²) in [6.45, 7) is 5.91. The minimum Gasteiger partial charge on any atom is -0.352 e. The highest BCUT2D eigenvalue weighted by molar-refractivity contribution is 7.99. The summed E-state index contributed by atoms with van der Waals surface area (Å²) < 4.78 is 1.55. The van der Waals surface area contributed by atoms with Crippen LogP contribution in [0.25, 0.3) is 5.69 Å². The first-order valence-corrected chi connectivity index (χ1v) is 7.53. The van der Waals surface area contributed by atoms with Crippen molar-refractivity contribution < 1.29 is 4.79 Å². The molecular weight excluding hydrogens is 310 g/mol. The SMILES string of the molecule is C=CCNC(=O)CSc1nnnn1-c1ccc(C)c(Cl)c1. The molecule has 2 rings (SSSR count). The van der Waals surface area contributed by atoms with Crippen LogP contribution in [0.15, 0.2) is 36.0 Å². The third kappa shape index (κ3) is 4.05. The van der Waals surface area contributed by atoms with E-state index in [9.17, 15) is 4.79 Å². The Kier molecular flexibility index (Phi) is 5.35. The smallest absolute Gasteiger partial charge is 0.230 e. The van der Waals surface area contributed by atoms with Gasteiger partial charge < -0.3 is 5.32 Å². The van der Waals surface area contributed by atoms with E-state index in [1.165, 1.54) is 11.8 Å². The van der Waals surface area contributed by atoms with Gasteiger partial charge in [-0.15, -0.1) is 11.7 Å². The number of amides is 1. The van der Waals surface area contributed by atoms with Crippen LogP contribution in [0.5, 0.6) is 0 Å². The molecule has 8 heteroatoms. The third-order valence-corrected chi connectivity index (χ3v) is 3.94. The molecule has 0 atom stereocenters. The molecule has 1 aromatic carbocycles. The topological polar surface area (TPSA) is 72.7 Å². The van der Waals surface area contributed by atoms with Crippen LogP contribution >= 0.6 is 23.4 Å². The van der Waals surface area contributed by atoms with Gasteiger partial charge in [0.05, 0.1) is 11.4 Å². The number of carbonyl (C=O) groups is 1. The van der Waals surface area contributed by atoms with Gasteiger partial charge in [-0.05, 0) is 35.0 Å². The zero-order chi connectivity index (χ0) is 15.2. The Balaban J connectivity index is 2.09. The fourth-order valence-corrected chi connectivity index (χ4v) is 2.41. The lowest BCUT2D eigenvalue weighted by Gasteiger charge is -2.06. The highest BCUT2D eigenvalue weighted by Crippen LogP contribution is 2.22. The number of rotatable bonds is 6. The predicted molar refractivity (Wildman–Crippen MR) is 82.8 cm³/mol. The van der Waals surface area contributed by atoms with Crippen molar-refractivity contribution in [2.45, 2.75) is 12.1 Å². The van der Waals surface area contributed by atoms with Gasteiger partial charge in [-0.25, -0.2) is 0 Å². The molecule has 0 fully saturated rings. The van der Waals surface area contributed by atoms with E-state index in [2.05, 4.69) is 27.4 Å². The average molecular weight is 324 g/mol. The first kappa shape index (κ1) is 15.5. The normalized spacial score (nSPS) is 10.4. The molecule has 6 nitrogen and oxygen atoms in total. The van der Waals surface area contributed by atoms with E-state index in [1.54, 1.807) is 16.8 Å². The molecule has 1 amide bonds. The van der Waals surface area contributed by atoms with E-state index in [0.29, 0.717) is 16.7 Å². The van der Waals surface area contributed by atoms with Crippen LogP contribution in [0, 0.1) is 6.92 Å². The van der Waals surface area contributed by atoms with Crippen LogP contribution < -0.4 is 5.32 Å². The molecule has 0 radical (unpaired) electrons. The van der Waals surface area contributed by atoms with Gasteiger partial charge >= 0.3 is 0 Å². The Labute approximate surface area is 131 Å². The first-order chi connectivity index (χ1) is 10.1. The van der Waals surface area contributed by atoms with Crippen LogP contribution in [0.4, 0.5) is 0 Å². The maximum Gasteiger partial charge on any atom is 0.230 e. The van der Waals surface area contributed by atoms with Gasteiger partial charge in [0.2, 0.25) is 11.1 Å². The second-order valence-corrected chi connectivity index (χ2v) is 5.54. The molecule has 0 spiro atoms. The van der Waals surface area contributed by atoms with Crippen molar-refractivity contribution in [1.82, 2.24) is 25.5 Å². The van der Waals surface area contributed by atoms with E-state index < -0.39 is 0 Å². The number of nitrogens with one attached hydrogen (secondary N) is 1. The van der Waals surface area contributed by atoms with Crippen molar-refractivity contribution in [3.05, 3.63) is 41.4 Å².